The Morgan fingerprint density at radius 1 is 1.25 bits per heavy atom. The molecule has 2 rings (SSSR count). The zero-order chi connectivity index (χ0) is 8.39. The van der Waals surface area contributed by atoms with Gasteiger partial charge in [0.15, 0.2) is 0 Å². The molecule has 2 heteroatoms. The number of ether oxygens (including phenoxy) is 1. The lowest BCUT2D eigenvalue weighted by Gasteiger charge is -2.06. The fourth-order valence-electron chi connectivity index (χ4n) is 1.53. The van der Waals surface area contributed by atoms with Gasteiger partial charge in [0.25, 0.3) is 0 Å². The molecule has 1 aliphatic heterocycles. The molecule has 1 fully saturated rings. The first-order valence-corrected chi connectivity index (χ1v) is 4.19. The molecular weight excluding hydrogens is 155 g/mol. The normalized spacial score (nSPS) is 22.9. The average Bonchev–Trinajstić information content (AvgIpc) is 2.58. The number of halogens is 1. The van der Waals surface area contributed by atoms with Gasteiger partial charge >= 0.3 is 0 Å². The largest absolute Gasteiger partial charge is 0.381 e. The van der Waals surface area contributed by atoms with Crippen LogP contribution in [0.4, 0.5) is 4.39 Å². The Labute approximate surface area is 71.2 Å². The second-order valence-electron chi connectivity index (χ2n) is 3.11. The summed E-state index contributed by atoms with van der Waals surface area (Å²) in [6.07, 6.45) is 1.06. The highest BCUT2D eigenvalue weighted by Gasteiger charge is 2.16. The van der Waals surface area contributed by atoms with Crippen LogP contribution in [0.25, 0.3) is 0 Å². The van der Waals surface area contributed by atoms with Crippen LogP contribution in [0.5, 0.6) is 0 Å². The third-order valence-corrected chi connectivity index (χ3v) is 2.27. The molecule has 1 heterocycles. The minimum absolute atomic E-state index is 0.169. The van der Waals surface area contributed by atoms with Crippen molar-refractivity contribution in [3.8, 4) is 0 Å². The van der Waals surface area contributed by atoms with Crippen LogP contribution in [0, 0.1) is 5.82 Å². The Morgan fingerprint density at radius 2 is 2.00 bits per heavy atom. The third kappa shape index (κ3) is 1.48. The lowest BCUT2D eigenvalue weighted by Crippen LogP contribution is -1.96. The summed E-state index contributed by atoms with van der Waals surface area (Å²) >= 11 is 0. The van der Waals surface area contributed by atoms with E-state index in [1.54, 1.807) is 0 Å². The van der Waals surface area contributed by atoms with Crippen LogP contribution in [0.1, 0.15) is 17.9 Å². The van der Waals surface area contributed by atoms with Gasteiger partial charge in [-0.25, -0.2) is 4.39 Å². The highest BCUT2D eigenvalue weighted by atomic mass is 19.1. The van der Waals surface area contributed by atoms with Gasteiger partial charge < -0.3 is 4.74 Å². The van der Waals surface area contributed by atoms with Crippen molar-refractivity contribution in [2.75, 3.05) is 13.2 Å². The molecule has 1 aromatic rings. The predicted molar refractivity (Wildman–Crippen MR) is 44.6 cm³/mol. The summed E-state index contributed by atoms with van der Waals surface area (Å²) in [5, 5.41) is 0. The molecular formula is C10H11FO. The molecule has 0 N–H and O–H groups in total. The fraction of sp³-hybridized carbons (Fsp3) is 0.400. The minimum atomic E-state index is -0.169. The zero-order valence-electron chi connectivity index (χ0n) is 6.79. The van der Waals surface area contributed by atoms with Gasteiger partial charge in [-0.15, -0.1) is 0 Å². The molecule has 0 bridgehead atoms. The maximum absolute atomic E-state index is 12.5. The van der Waals surface area contributed by atoms with Gasteiger partial charge in [-0.1, -0.05) is 12.1 Å². The molecule has 1 atom stereocenters. The minimum Gasteiger partial charge on any atom is -0.381 e. The molecule has 1 unspecified atom stereocenters. The average molecular weight is 166 g/mol. The highest BCUT2D eigenvalue weighted by Crippen LogP contribution is 2.24. The highest BCUT2D eigenvalue weighted by molar-refractivity contribution is 5.21. The van der Waals surface area contributed by atoms with Crippen LogP contribution in [-0.2, 0) is 4.74 Å². The van der Waals surface area contributed by atoms with Crippen LogP contribution in [0.3, 0.4) is 0 Å². The maximum atomic E-state index is 12.5. The molecule has 1 aromatic carbocycles. The second-order valence-corrected chi connectivity index (χ2v) is 3.11. The maximum Gasteiger partial charge on any atom is 0.123 e. The topological polar surface area (TPSA) is 9.23 Å². The van der Waals surface area contributed by atoms with E-state index >= 15 is 0 Å². The van der Waals surface area contributed by atoms with Crippen molar-refractivity contribution in [1.82, 2.24) is 0 Å². The van der Waals surface area contributed by atoms with Gasteiger partial charge in [0.05, 0.1) is 6.61 Å². The lowest BCUT2D eigenvalue weighted by molar-refractivity contribution is 0.194. The Kier molecular flexibility index (Phi) is 2.09. The van der Waals surface area contributed by atoms with Crippen molar-refractivity contribution >= 4 is 0 Å². The number of rotatable bonds is 1. The predicted octanol–water partition coefficient (Wildman–Crippen LogP) is 2.33. The second kappa shape index (κ2) is 3.23. The van der Waals surface area contributed by atoms with Crippen LogP contribution in [0.2, 0.25) is 0 Å². The van der Waals surface area contributed by atoms with Crippen LogP contribution < -0.4 is 0 Å². The summed E-state index contributed by atoms with van der Waals surface area (Å²) in [5.41, 5.74) is 1.19. The monoisotopic (exact) mass is 166 g/mol. The molecule has 12 heavy (non-hydrogen) atoms. The first kappa shape index (κ1) is 7.74. The van der Waals surface area contributed by atoms with E-state index in [0.717, 1.165) is 19.6 Å². The van der Waals surface area contributed by atoms with Crippen molar-refractivity contribution in [3.63, 3.8) is 0 Å². The van der Waals surface area contributed by atoms with E-state index in [9.17, 15) is 4.39 Å². The molecule has 0 amide bonds. The molecule has 0 aromatic heterocycles. The Bertz CT molecular complexity index is 249. The quantitative estimate of drug-likeness (QED) is 0.622. The fourth-order valence-corrected chi connectivity index (χ4v) is 1.53. The number of hydrogen-bond donors (Lipinski definition) is 0. The van der Waals surface area contributed by atoms with E-state index in [0.29, 0.717) is 5.92 Å². The van der Waals surface area contributed by atoms with Crippen LogP contribution in [0.15, 0.2) is 24.3 Å². The summed E-state index contributed by atoms with van der Waals surface area (Å²) in [6.45, 7) is 1.62. The van der Waals surface area contributed by atoms with Crippen molar-refractivity contribution in [1.29, 1.82) is 0 Å². The Hall–Kier alpha value is -0.890. The molecule has 0 saturated carbocycles. The molecule has 1 aliphatic rings. The first-order valence-electron chi connectivity index (χ1n) is 4.19. The summed E-state index contributed by atoms with van der Waals surface area (Å²) in [7, 11) is 0. The van der Waals surface area contributed by atoms with E-state index in [2.05, 4.69) is 0 Å². The molecule has 0 aliphatic carbocycles. The van der Waals surface area contributed by atoms with Gasteiger partial charge in [-0.05, 0) is 24.1 Å². The zero-order valence-corrected chi connectivity index (χ0v) is 6.79. The van der Waals surface area contributed by atoms with Crippen LogP contribution in [-0.4, -0.2) is 13.2 Å². The Morgan fingerprint density at radius 3 is 2.58 bits per heavy atom. The van der Waals surface area contributed by atoms with E-state index in [1.807, 2.05) is 12.1 Å². The van der Waals surface area contributed by atoms with Gasteiger partial charge in [0.1, 0.15) is 5.82 Å². The first-order chi connectivity index (χ1) is 5.86. The molecule has 0 spiro atoms. The number of hydrogen-bond acceptors (Lipinski definition) is 1. The molecule has 0 radical (unpaired) electrons. The van der Waals surface area contributed by atoms with E-state index in [1.165, 1.54) is 17.7 Å². The summed E-state index contributed by atoms with van der Waals surface area (Å²) < 4.78 is 17.8. The van der Waals surface area contributed by atoms with E-state index in [4.69, 9.17) is 4.74 Å². The standard InChI is InChI=1S/C10H11FO/c11-10-3-1-8(2-4-10)9-5-6-12-7-9/h1-4,9H,5-7H2. The van der Waals surface area contributed by atoms with Gasteiger partial charge in [0.2, 0.25) is 0 Å². The lowest BCUT2D eigenvalue weighted by atomic mass is 9.99. The third-order valence-electron chi connectivity index (χ3n) is 2.27. The Balaban J connectivity index is 2.17. The molecule has 1 saturated heterocycles. The van der Waals surface area contributed by atoms with E-state index < -0.39 is 0 Å². The summed E-state index contributed by atoms with van der Waals surface area (Å²) in [5.74, 6) is 0.309. The summed E-state index contributed by atoms with van der Waals surface area (Å²) in [4.78, 5) is 0. The van der Waals surface area contributed by atoms with Gasteiger partial charge in [0, 0.05) is 12.5 Å². The van der Waals surface area contributed by atoms with E-state index in [-0.39, 0.29) is 5.82 Å². The summed E-state index contributed by atoms with van der Waals surface area (Å²) in [6, 6.07) is 6.70. The van der Waals surface area contributed by atoms with Gasteiger partial charge in [-0.3, -0.25) is 0 Å². The SMILES string of the molecule is Fc1ccc(C2CCOC2)cc1. The smallest absolute Gasteiger partial charge is 0.123 e. The van der Waals surface area contributed by atoms with Crippen molar-refractivity contribution < 1.29 is 9.13 Å². The van der Waals surface area contributed by atoms with Crippen molar-refractivity contribution in [3.05, 3.63) is 35.6 Å². The van der Waals surface area contributed by atoms with Crippen molar-refractivity contribution in [2.45, 2.75) is 12.3 Å². The molecule has 1 nitrogen and oxygen atoms in total. The van der Waals surface area contributed by atoms with Crippen LogP contribution >= 0.6 is 0 Å². The number of benzene rings is 1. The molecule has 64 valence electrons. The van der Waals surface area contributed by atoms with Gasteiger partial charge in [-0.2, -0.15) is 0 Å². The van der Waals surface area contributed by atoms with Crippen molar-refractivity contribution in [2.24, 2.45) is 0 Å².